The molecule has 0 radical (unpaired) electrons. The first-order valence-corrected chi connectivity index (χ1v) is 6.82. The SMILES string of the molecule is NC(OC(=O)C(F)(F)F)C(c1ccc(F)cc1)N1CCCC1. The Hall–Kier alpha value is -1.67. The van der Waals surface area contributed by atoms with Gasteiger partial charge in [-0.1, -0.05) is 12.1 Å². The maximum absolute atomic E-state index is 13.0. The average Bonchev–Trinajstić information content (AvgIpc) is 2.94. The number of rotatable bonds is 4. The highest BCUT2D eigenvalue weighted by molar-refractivity contribution is 5.75. The molecule has 0 spiro atoms. The van der Waals surface area contributed by atoms with Crippen LogP contribution < -0.4 is 5.73 Å². The number of halogens is 4. The van der Waals surface area contributed by atoms with Gasteiger partial charge in [-0.2, -0.15) is 13.2 Å². The zero-order valence-electron chi connectivity index (χ0n) is 11.6. The Morgan fingerprint density at radius 2 is 1.73 bits per heavy atom. The summed E-state index contributed by atoms with van der Waals surface area (Å²) in [5.74, 6) is -2.80. The molecule has 0 saturated carbocycles. The van der Waals surface area contributed by atoms with Crippen molar-refractivity contribution >= 4 is 5.97 Å². The maximum Gasteiger partial charge on any atom is 0.490 e. The van der Waals surface area contributed by atoms with Gasteiger partial charge in [-0.15, -0.1) is 0 Å². The number of nitrogens with two attached hydrogens (primary N) is 1. The van der Waals surface area contributed by atoms with E-state index in [1.54, 1.807) is 0 Å². The number of nitrogens with zero attached hydrogens (tertiary/aromatic N) is 1. The summed E-state index contributed by atoms with van der Waals surface area (Å²) in [6, 6.07) is 4.50. The van der Waals surface area contributed by atoms with E-state index in [-0.39, 0.29) is 0 Å². The van der Waals surface area contributed by atoms with E-state index in [0.29, 0.717) is 18.7 Å². The van der Waals surface area contributed by atoms with Crippen LogP contribution in [0.3, 0.4) is 0 Å². The Morgan fingerprint density at radius 3 is 2.23 bits per heavy atom. The summed E-state index contributed by atoms with van der Waals surface area (Å²) >= 11 is 0. The summed E-state index contributed by atoms with van der Waals surface area (Å²) in [6.45, 7) is 1.25. The average molecular weight is 320 g/mol. The van der Waals surface area contributed by atoms with Crippen LogP contribution in [0.1, 0.15) is 24.4 Å². The molecule has 0 amide bonds. The molecule has 0 aliphatic carbocycles. The van der Waals surface area contributed by atoms with Gasteiger partial charge in [0.05, 0.1) is 6.04 Å². The molecule has 1 heterocycles. The summed E-state index contributed by atoms with van der Waals surface area (Å²) in [7, 11) is 0. The molecule has 2 rings (SSSR count). The van der Waals surface area contributed by atoms with Crippen molar-refractivity contribution in [3.8, 4) is 0 Å². The number of alkyl halides is 3. The number of hydrogen-bond donors (Lipinski definition) is 1. The number of likely N-dealkylation sites (tertiary alicyclic amines) is 1. The van der Waals surface area contributed by atoms with Crippen LogP contribution in [0.2, 0.25) is 0 Å². The van der Waals surface area contributed by atoms with Crippen molar-refractivity contribution in [2.75, 3.05) is 13.1 Å². The van der Waals surface area contributed by atoms with Crippen LogP contribution in [0.25, 0.3) is 0 Å². The largest absolute Gasteiger partial charge is 0.490 e. The molecule has 1 saturated heterocycles. The van der Waals surface area contributed by atoms with Gasteiger partial charge in [-0.05, 0) is 43.6 Å². The van der Waals surface area contributed by atoms with Crippen molar-refractivity contribution in [2.24, 2.45) is 5.73 Å². The zero-order chi connectivity index (χ0) is 16.3. The third kappa shape index (κ3) is 3.95. The lowest BCUT2D eigenvalue weighted by Crippen LogP contribution is -2.44. The molecule has 2 unspecified atom stereocenters. The fourth-order valence-corrected chi connectivity index (χ4v) is 2.54. The highest BCUT2D eigenvalue weighted by Crippen LogP contribution is 2.29. The normalized spacial score (nSPS) is 19.0. The number of ether oxygens (including phenoxy) is 1. The first kappa shape index (κ1) is 16.7. The molecule has 4 nitrogen and oxygen atoms in total. The molecule has 122 valence electrons. The Balaban J connectivity index is 2.20. The van der Waals surface area contributed by atoms with Gasteiger partial charge in [0.2, 0.25) is 0 Å². The molecule has 1 aliphatic rings. The second-order valence-electron chi connectivity index (χ2n) is 5.11. The summed E-state index contributed by atoms with van der Waals surface area (Å²) < 4.78 is 54.3. The Morgan fingerprint density at radius 1 is 1.18 bits per heavy atom. The number of benzene rings is 1. The summed E-state index contributed by atoms with van der Waals surface area (Å²) in [5.41, 5.74) is 6.19. The van der Waals surface area contributed by atoms with Gasteiger partial charge < -0.3 is 4.74 Å². The van der Waals surface area contributed by atoms with Gasteiger partial charge >= 0.3 is 12.1 Å². The zero-order valence-corrected chi connectivity index (χ0v) is 11.6. The van der Waals surface area contributed by atoms with Gasteiger partial charge in [0, 0.05) is 0 Å². The third-order valence-corrected chi connectivity index (χ3v) is 3.53. The molecule has 1 fully saturated rings. The molecule has 22 heavy (non-hydrogen) atoms. The third-order valence-electron chi connectivity index (χ3n) is 3.53. The van der Waals surface area contributed by atoms with E-state index in [9.17, 15) is 22.4 Å². The highest BCUT2D eigenvalue weighted by atomic mass is 19.4. The topological polar surface area (TPSA) is 55.6 Å². The lowest BCUT2D eigenvalue weighted by atomic mass is 10.0. The van der Waals surface area contributed by atoms with Crippen molar-refractivity contribution in [3.63, 3.8) is 0 Å². The van der Waals surface area contributed by atoms with Crippen molar-refractivity contribution in [2.45, 2.75) is 31.3 Å². The fraction of sp³-hybridized carbons (Fsp3) is 0.500. The Kier molecular flexibility index (Phi) is 5.02. The van der Waals surface area contributed by atoms with Gasteiger partial charge in [0.25, 0.3) is 0 Å². The minimum absolute atomic E-state index is 0.468. The second kappa shape index (κ2) is 6.62. The molecule has 0 bridgehead atoms. The van der Waals surface area contributed by atoms with Gasteiger partial charge in [0.15, 0.2) is 6.23 Å². The van der Waals surface area contributed by atoms with E-state index < -0.39 is 30.2 Å². The van der Waals surface area contributed by atoms with Crippen LogP contribution in [0.4, 0.5) is 17.6 Å². The molecule has 2 N–H and O–H groups in total. The molecule has 2 atom stereocenters. The molecular formula is C14H16F4N2O2. The van der Waals surface area contributed by atoms with Crippen molar-refractivity contribution in [1.82, 2.24) is 4.90 Å². The standard InChI is InChI=1S/C14H16F4N2O2/c15-10-5-3-9(4-6-10)11(20-7-1-2-8-20)12(19)22-13(21)14(16,17)18/h3-6,11-12H,1-2,7-8,19H2. The van der Waals surface area contributed by atoms with Gasteiger partial charge in [0.1, 0.15) is 5.82 Å². The van der Waals surface area contributed by atoms with Crippen LogP contribution in [0.5, 0.6) is 0 Å². The predicted octanol–water partition coefficient (Wildman–Crippen LogP) is 2.35. The van der Waals surface area contributed by atoms with E-state index in [2.05, 4.69) is 4.74 Å². The van der Waals surface area contributed by atoms with Crippen molar-refractivity contribution in [3.05, 3.63) is 35.6 Å². The smallest absolute Gasteiger partial charge is 0.438 e. The summed E-state index contributed by atoms with van der Waals surface area (Å²) in [6.07, 6.45) is -4.84. The van der Waals surface area contributed by atoms with Crippen LogP contribution in [0, 0.1) is 5.82 Å². The van der Waals surface area contributed by atoms with Crippen molar-refractivity contribution in [1.29, 1.82) is 0 Å². The number of carbonyl (C=O) groups excluding carboxylic acids is 1. The van der Waals surface area contributed by atoms with Crippen molar-refractivity contribution < 1.29 is 27.1 Å². The Bertz CT molecular complexity index is 513. The molecule has 1 aromatic carbocycles. The van der Waals surface area contributed by atoms with Crippen LogP contribution >= 0.6 is 0 Å². The minimum atomic E-state index is -5.10. The maximum atomic E-state index is 13.0. The van der Waals surface area contributed by atoms with E-state index in [4.69, 9.17) is 5.73 Å². The molecule has 1 aliphatic heterocycles. The van der Waals surface area contributed by atoms with E-state index in [1.165, 1.54) is 24.3 Å². The molecule has 8 heteroatoms. The highest BCUT2D eigenvalue weighted by Gasteiger charge is 2.43. The lowest BCUT2D eigenvalue weighted by Gasteiger charge is -2.32. The first-order chi connectivity index (χ1) is 10.3. The van der Waals surface area contributed by atoms with Crippen LogP contribution in [0.15, 0.2) is 24.3 Å². The monoisotopic (exact) mass is 320 g/mol. The van der Waals surface area contributed by atoms with Crippen LogP contribution in [-0.4, -0.2) is 36.4 Å². The fourth-order valence-electron chi connectivity index (χ4n) is 2.54. The van der Waals surface area contributed by atoms with E-state index in [0.717, 1.165) is 12.8 Å². The summed E-state index contributed by atoms with van der Waals surface area (Å²) in [4.78, 5) is 12.8. The number of esters is 1. The minimum Gasteiger partial charge on any atom is -0.438 e. The second-order valence-corrected chi connectivity index (χ2v) is 5.11. The summed E-state index contributed by atoms with van der Waals surface area (Å²) in [5, 5.41) is 0. The number of carbonyl (C=O) groups is 1. The van der Waals surface area contributed by atoms with Gasteiger partial charge in [-0.3, -0.25) is 10.6 Å². The van der Waals surface area contributed by atoms with Crippen LogP contribution in [-0.2, 0) is 9.53 Å². The Labute approximate surface area is 124 Å². The number of hydrogen-bond acceptors (Lipinski definition) is 4. The predicted molar refractivity (Wildman–Crippen MR) is 70.1 cm³/mol. The molecule has 1 aromatic rings. The quantitative estimate of drug-likeness (QED) is 0.526. The first-order valence-electron chi connectivity index (χ1n) is 6.82. The van der Waals surface area contributed by atoms with E-state index >= 15 is 0 Å². The molecule has 0 aromatic heterocycles. The molecular weight excluding hydrogens is 304 g/mol. The van der Waals surface area contributed by atoms with E-state index in [1.807, 2.05) is 4.90 Å². The lowest BCUT2D eigenvalue weighted by molar-refractivity contribution is -0.207. The van der Waals surface area contributed by atoms with Gasteiger partial charge in [-0.25, -0.2) is 9.18 Å².